The summed E-state index contributed by atoms with van der Waals surface area (Å²) in [6, 6.07) is 0. The van der Waals surface area contributed by atoms with Gasteiger partial charge in [-0.1, -0.05) is 6.08 Å². The summed E-state index contributed by atoms with van der Waals surface area (Å²) in [6.45, 7) is 6.47. The number of aliphatic hydroxyl groups is 1. The van der Waals surface area contributed by atoms with Gasteiger partial charge in [0.15, 0.2) is 5.79 Å². The van der Waals surface area contributed by atoms with Gasteiger partial charge in [-0.15, -0.1) is 0 Å². The van der Waals surface area contributed by atoms with Crippen LogP contribution in [0.15, 0.2) is 12.2 Å². The molecule has 6 heteroatoms. The molecule has 0 amide bonds. The maximum Gasteiger partial charge on any atom is 0.330 e. The van der Waals surface area contributed by atoms with Crippen molar-refractivity contribution in [1.29, 1.82) is 0 Å². The lowest BCUT2D eigenvalue weighted by Crippen LogP contribution is -2.43. The summed E-state index contributed by atoms with van der Waals surface area (Å²) < 4.78 is 22.4. The minimum atomic E-state index is -0.558. The Hall–Kier alpha value is -0.950. The standard InChI is InChI=1S/C18H30O6/c1-4-21-17(20)11-6-5-8-13(19)14-9-7-10-15(23-14)16-12-22-18(2,3)24-16/h6,11,13-16,19H,4-5,7-10,12H2,1-3H3/b11-6+/t13-,14-,15+,16-/m1/s1. The van der Waals surface area contributed by atoms with Gasteiger partial charge in [-0.25, -0.2) is 4.79 Å². The molecule has 138 valence electrons. The van der Waals surface area contributed by atoms with Gasteiger partial charge in [-0.2, -0.15) is 0 Å². The van der Waals surface area contributed by atoms with E-state index in [1.807, 2.05) is 13.8 Å². The van der Waals surface area contributed by atoms with Crippen molar-refractivity contribution < 1.29 is 28.8 Å². The van der Waals surface area contributed by atoms with E-state index in [0.29, 0.717) is 26.1 Å². The Morgan fingerprint density at radius 2 is 2.17 bits per heavy atom. The Balaban J connectivity index is 1.74. The van der Waals surface area contributed by atoms with Gasteiger partial charge in [0, 0.05) is 6.08 Å². The molecule has 0 spiro atoms. The third-order valence-corrected chi connectivity index (χ3v) is 4.37. The van der Waals surface area contributed by atoms with Crippen molar-refractivity contribution in [2.75, 3.05) is 13.2 Å². The molecule has 2 rings (SSSR count). The van der Waals surface area contributed by atoms with Crippen LogP contribution in [0.4, 0.5) is 0 Å². The zero-order valence-corrected chi connectivity index (χ0v) is 14.9. The molecule has 4 atom stereocenters. The van der Waals surface area contributed by atoms with E-state index in [9.17, 15) is 9.90 Å². The Labute approximate surface area is 144 Å². The van der Waals surface area contributed by atoms with E-state index in [4.69, 9.17) is 18.9 Å². The van der Waals surface area contributed by atoms with Crippen molar-refractivity contribution in [3.8, 4) is 0 Å². The summed E-state index contributed by atoms with van der Waals surface area (Å²) in [6.07, 6.45) is 6.25. The molecule has 0 saturated carbocycles. The molecular formula is C18H30O6. The van der Waals surface area contributed by atoms with E-state index in [2.05, 4.69) is 0 Å². The molecule has 0 aliphatic carbocycles. The van der Waals surface area contributed by atoms with Crippen molar-refractivity contribution >= 4 is 5.97 Å². The molecule has 0 aromatic heterocycles. The summed E-state index contributed by atoms with van der Waals surface area (Å²) in [4.78, 5) is 11.2. The fourth-order valence-corrected chi connectivity index (χ4v) is 3.16. The highest BCUT2D eigenvalue weighted by Crippen LogP contribution is 2.32. The second-order valence-corrected chi connectivity index (χ2v) is 6.81. The van der Waals surface area contributed by atoms with E-state index >= 15 is 0 Å². The summed E-state index contributed by atoms with van der Waals surface area (Å²) in [5.41, 5.74) is 0. The molecule has 24 heavy (non-hydrogen) atoms. The monoisotopic (exact) mass is 342 g/mol. The normalized spacial score (nSPS) is 31.2. The second kappa shape index (κ2) is 8.94. The number of hydrogen-bond acceptors (Lipinski definition) is 6. The van der Waals surface area contributed by atoms with Crippen LogP contribution in [0.25, 0.3) is 0 Å². The smallest absolute Gasteiger partial charge is 0.330 e. The predicted octanol–water partition coefficient (Wildman–Crippen LogP) is 2.34. The minimum Gasteiger partial charge on any atom is -0.463 e. The van der Waals surface area contributed by atoms with E-state index in [0.717, 1.165) is 19.3 Å². The van der Waals surface area contributed by atoms with E-state index in [-0.39, 0.29) is 24.3 Å². The van der Waals surface area contributed by atoms with Crippen LogP contribution in [0.5, 0.6) is 0 Å². The SMILES string of the molecule is CCOC(=O)/C=C/CC[C@@H](O)[C@H]1CCC[C@@H]([C@H]2COC(C)(C)O2)O1. The molecule has 6 nitrogen and oxygen atoms in total. The Morgan fingerprint density at radius 3 is 2.83 bits per heavy atom. The number of carbonyl (C=O) groups is 1. The largest absolute Gasteiger partial charge is 0.463 e. The van der Waals surface area contributed by atoms with Crippen LogP contribution < -0.4 is 0 Å². The van der Waals surface area contributed by atoms with Crippen LogP contribution >= 0.6 is 0 Å². The van der Waals surface area contributed by atoms with Gasteiger partial charge in [0.05, 0.1) is 31.5 Å². The zero-order chi connectivity index (χ0) is 17.6. The number of esters is 1. The van der Waals surface area contributed by atoms with Crippen LogP contribution in [0.3, 0.4) is 0 Å². The molecule has 0 unspecified atom stereocenters. The quantitative estimate of drug-likeness (QED) is 0.565. The highest BCUT2D eigenvalue weighted by atomic mass is 16.7. The van der Waals surface area contributed by atoms with Crippen molar-refractivity contribution in [2.45, 2.75) is 83.1 Å². The summed E-state index contributed by atoms with van der Waals surface area (Å²) in [5.74, 6) is -0.903. The molecule has 2 aliphatic rings. The van der Waals surface area contributed by atoms with Gasteiger partial charge in [0.1, 0.15) is 6.10 Å². The first-order valence-corrected chi connectivity index (χ1v) is 8.90. The lowest BCUT2D eigenvalue weighted by molar-refractivity contribution is -0.181. The van der Waals surface area contributed by atoms with E-state index < -0.39 is 11.9 Å². The average molecular weight is 342 g/mol. The lowest BCUT2D eigenvalue weighted by Gasteiger charge is -2.35. The van der Waals surface area contributed by atoms with Gasteiger partial charge >= 0.3 is 5.97 Å². The summed E-state index contributed by atoms with van der Waals surface area (Å²) in [5, 5.41) is 10.4. The summed E-state index contributed by atoms with van der Waals surface area (Å²) >= 11 is 0. The minimum absolute atomic E-state index is 0.0322. The first-order chi connectivity index (χ1) is 11.4. The zero-order valence-electron chi connectivity index (χ0n) is 14.9. The maximum atomic E-state index is 11.2. The molecule has 0 radical (unpaired) electrons. The van der Waals surface area contributed by atoms with Gasteiger partial charge in [-0.05, 0) is 52.9 Å². The first kappa shape index (κ1) is 19.4. The highest BCUT2D eigenvalue weighted by molar-refractivity contribution is 5.81. The van der Waals surface area contributed by atoms with Crippen molar-refractivity contribution in [2.24, 2.45) is 0 Å². The molecule has 2 fully saturated rings. The fraction of sp³-hybridized carbons (Fsp3) is 0.833. The number of aliphatic hydroxyl groups excluding tert-OH is 1. The number of ether oxygens (including phenoxy) is 4. The van der Waals surface area contributed by atoms with Crippen LogP contribution in [0, 0.1) is 0 Å². The highest BCUT2D eigenvalue weighted by Gasteiger charge is 2.40. The van der Waals surface area contributed by atoms with Crippen LogP contribution in [-0.4, -0.2) is 54.5 Å². The number of allylic oxidation sites excluding steroid dienone is 1. The van der Waals surface area contributed by atoms with E-state index in [1.165, 1.54) is 6.08 Å². The molecule has 0 aromatic carbocycles. The van der Waals surface area contributed by atoms with Crippen molar-refractivity contribution in [1.82, 2.24) is 0 Å². The van der Waals surface area contributed by atoms with E-state index in [1.54, 1.807) is 13.0 Å². The lowest BCUT2D eigenvalue weighted by atomic mass is 9.96. The topological polar surface area (TPSA) is 74.2 Å². The van der Waals surface area contributed by atoms with Gasteiger partial charge in [0.2, 0.25) is 0 Å². The number of hydrogen-bond donors (Lipinski definition) is 1. The molecule has 2 aliphatic heterocycles. The molecule has 1 N–H and O–H groups in total. The average Bonchev–Trinajstić information content (AvgIpc) is 2.92. The Bertz CT molecular complexity index is 433. The Morgan fingerprint density at radius 1 is 1.38 bits per heavy atom. The fourth-order valence-electron chi connectivity index (χ4n) is 3.16. The van der Waals surface area contributed by atoms with Crippen LogP contribution in [0.1, 0.15) is 52.9 Å². The molecule has 2 saturated heterocycles. The summed E-state index contributed by atoms with van der Waals surface area (Å²) in [7, 11) is 0. The molecule has 2 heterocycles. The van der Waals surface area contributed by atoms with Crippen molar-refractivity contribution in [3.05, 3.63) is 12.2 Å². The maximum absolute atomic E-state index is 11.2. The predicted molar refractivity (Wildman–Crippen MR) is 88.4 cm³/mol. The third kappa shape index (κ3) is 5.84. The third-order valence-electron chi connectivity index (χ3n) is 4.37. The first-order valence-electron chi connectivity index (χ1n) is 8.90. The van der Waals surface area contributed by atoms with Crippen LogP contribution in [-0.2, 0) is 23.7 Å². The Kier molecular flexibility index (Phi) is 7.22. The number of rotatable bonds is 7. The second-order valence-electron chi connectivity index (χ2n) is 6.81. The molecular weight excluding hydrogens is 312 g/mol. The molecule has 0 aromatic rings. The van der Waals surface area contributed by atoms with Gasteiger partial charge < -0.3 is 24.1 Å². The van der Waals surface area contributed by atoms with Gasteiger partial charge in [0.25, 0.3) is 0 Å². The number of carbonyl (C=O) groups excluding carboxylic acids is 1. The van der Waals surface area contributed by atoms with Gasteiger partial charge in [-0.3, -0.25) is 0 Å². The van der Waals surface area contributed by atoms with Crippen LogP contribution in [0.2, 0.25) is 0 Å². The molecule has 0 bridgehead atoms. The van der Waals surface area contributed by atoms with Crippen molar-refractivity contribution in [3.63, 3.8) is 0 Å².